The maximum atomic E-state index is 13.9. The van der Waals surface area contributed by atoms with Crippen LogP contribution < -0.4 is 5.32 Å². The molecule has 0 spiro atoms. The minimum atomic E-state index is -1.01. The molecule has 13 heteroatoms. The number of nitrogens with one attached hydrogen (secondary N) is 1. The van der Waals surface area contributed by atoms with E-state index in [4.69, 9.17) is 14.2 Å². The Morgan fingerprint density at radius 3 is 2.85 bits per heavy atom. The number of hydrogen-bond acceptors (Lipinski definition) is 9. The molecular formula is C27H33FN6O5S. The lowest BCUT2D eigenvalue weighted by atomic mass is 10.1. The number of thiazole rings is 1. The number of benzene rings is 1. The lowest BCUT2D eigenvalue weighted by Gasteiger charge is -2.33. The lowest BCUT2D eigenvalue weighted by molar-refractivity contribution is -0.139. The van der Waals surface area contributed by atoms with Crippen molar-refractivity contribution in [3.63, 3.8) is 0 Å². The predicted molar refractivity (Wildman–Crippen MR) is 146 cm³/mol. The third-order valence-corrected chi connectivity index (χ3v) is 7.42. The number of fused-ring (bicyclic) bond motifs is 1. The normalized spacial score (nSPS) is 19.0. The van der Waals surface area contributed by atoms with E-state index in [1.165, 1.54) is 20.9 Å². The number of halogens is 1. The fraction of sp³-hybridized carbons (Fsp3) is 0.519. The van der Waals surface area contributed by atoms with Gasteiger partial charge in [-0.05, 0) is 39.3 Å². The Hall–Kier alpha value is -3.60. The predicted octanol–water partition coefficient (Wildman–Crippen LogP) is 3.43. The second-order valence-corrected chi connectivity index (χ2v) is 11.7. The van der Waals surface area contributed by atoms with E-state index in [0.29, 0.717) is 28.9 Å². The molecule has 4 rings (SSSR count). The number of nitrogens with zero attached hydrogens (tertiary/aromatic N) is 5. The Bertz CT molecular complexity index is 1410. The van der Waals surface area contributed by atoms with E-state index in [1.807, 2.05) is 6.07 Å². The highest BCUT2D eigenvalue weighted by atomic mass is 32.1. The van der Waals surface area contributed by atoms with Crippen LogP contribution in [0.3, 0.4) is 0 Å². The number of carbonyl (C=O) groups excluding carboxylic acids is 2. The molecule has 0 aliphatic carbocycles. The zero-order chi connectivity index (χ0) is 29.0. The van der Waals surface area contributed by atoms with E-state index in [1.54, 1.807) is 53.3 Å². The number of methoxy groups -OCH3 is 1. The van der Waals surface area contributed by atoms with Gasteiger partial charge in [-0.25, -0.2) is 9.78 Å². The molecule has 0 bridgehead atoms. The quantitative estimate of drug-likeness (QED) is 0.475. The maximum Gasteiger partial charge on any atom is 0.410 e. The molecule has 1 unspecified atom stereocenters. The Labute approximate surface area is 235 Å². The van der Waals surface area contributed by atoms with Crippen molar-refractivity contribution in [2.75, 3.05) is 26.8 Å². The summed E-state index contributed by atoms with van der Waals surface area (Å²) in [4.78, 5) is 32.6. The van der Waals surface area contributed by atoms with Gasteiger partial charge in [-0.15, -0.1) is 16.4 Å². The fourth-order valence-electron chi connectivity index (χ4n) is 4.26. The van der Waals surface area contributed by atoms with Gasteiger partial charge in [0, 0.05) is 43.8 Å². The first-order chi connectivity index (χ1) is 19.0. The van der Waals surface area contributed by atoms with Crippen molar-refractivity contribution >= 4 is 34.2 Å². The number of hydrogen-bond donors (Lipinski definition) is 1. The monoisotopic (exact) mass is 572 g/mol. The zero-order valence-corrected chi connectivity index (χ0v) is 24.0. The summed E-state index contributed by atoms with van der Waals surface area (Å²) in [5.74, 6) is -1.04. The van der Waals surface area contributed by atoms with Crippen LogP contribution in [-0.4, -0.2) is 82.3 Å². The van der Waals surface area contributed by atoms with E-state index in [2.05, 4.69) is 21.5 Å². The summed E-state index contributed by atoms with van der Waals surface area (Å²) in [6.45, 7) is 5.81. The molecule has 3 aromatic rings. The number of amides is 2. The van der Waals surface area contributed by atoms with Crippen LogP contribution in [0.15, 0.2) is 24.4 Å². The first-order valence-corrected chi connectivity index (χ1v) is 13.7. The number of aryl methyl sites for hydroxylation is 1. The molecule has 1 aliphatic heterocycles. The van der Waals surface area contributed by atoms with Crippen molar-refractivity contribution in [3.8, 4) is 16.6 Å². The first-order valence-electron chi connectivity index (χ1n) is 12.9. The average Bonchev–Trinajstić information content (AvgIpc) is 3.46. The molecule has 2 amide bonds. The summed E-state index contributed by atoms with van der Waals surface area (Å²) < 4.78 is 32.1. The van der Waals surface area contributed by atoms with Crippen LogP contribution >= 0.6 is 11.3 Å². The van der Waals surface area contributed by atoms with Gasteiger partial charge < -0.3 is 24.4 Å². The van der Waals surface area contributed by atoms with Crippen LogP contribution in [0.1, 0.15) is 32.1 Å². The van der Waals surface area contributed by atoms with Crippen molar-refractivity contribution < 1.29 is 28.2 Å². The van der Waals surface area contributed by atoms with Gasteiger partial charge >= 0.3 is 6.09 Å². The van der Waals surface area contributed by atoms with Crippen LogP contribution in [0.4, 0.5) is 9.18 Å². The van der Waals surface area contributed by atoms with E-state index >= 15 is 0 Å². The third kappa shape index (κ3) is 7.12. The third-order valence-electron chi connectivity index (χ3n) is 6.35. The molecule has 1 aromatic carbocycles. The minimum absolute atomic E-state index is 0.0167. The summed E-state index contributed by atoms with van der Waals surface area (Å²) in [5, 5.41) is 17.5. The molecule has 2 aromatic heterocycles. The zero-order valence-electron chi connectivity index (χ0n) is 23.1. The summed E-state index contributed by atoms with van der Waals surface area (Å²) in [7, 11) is 3.22. The standard InChI is InChI=1S/C27H33FN6O5S/c1-27(2,3)39-26(36)34-9-8-18(37-5)15-38-22(14-34)24(35)31-17(12-29)11-19-13-30-25(40-19)16-6-7-20-21(10-16)33(4)32-23(20)28/h6-7,10,13,17-18,22H,8-9,11,14-15H2,1-5H3,(H,31,35)/t17?,18-,22+/m1/s1. The molecule has 1 saturated heterocycles. The topological polar surface area (TPSA) is 132 Å². The fourth-order valence-corrected chi connectivity index (χ4v) is 5.22. The van der Waals surface area contributed by atoms with Gasteiger partial charge in [0.1, 0.15) is 16.7 Å². The maximum absolute atomic E-state index is 13.9. The number of carbonyl (C=O) groups is 2. The van der Waals surface area contributed by atoms with E-state index in [-0.39, 0.29) is 25.7 Å². The Morgan fingerprint density at radius 2 is 2.15 bits per heavy atom. The van der Waals surface area contributed by atoms with Gasteiger partial charge in [0.2, 0.25) is 5.95 Å². The molecule has 11 nitrogen and oxygen atoms in total. The summed E-state index contributed by atoms with van der Waals surface area (Å²) in [6.07, 6.45) is 0.554. The Morgan fingerprint density at radius 1 is 1.38 bits per heavy atom. The van der Waals surface area contributed by atoms with Crippen LogP contribution in [0.5, 0.6) is 0 Å². The summed E-state index contributed by atoms with van der Waals surface area (Å²) >= 11 is 1.38. The van der Waals surface area contributed by atoms with Crippen LogP contribution in [0.2, 0.25) is 0 Å². The number of rotatable bonds is 6. The van der Waals surface area contributed by atoms with Crippen LogP contribution in [-0.2, 0) is 32.5 Å². The molecule has 1 N–H and O–H groups in total. The van der Waals surface area contributed by atoms with Crippen molar-refractivity contribution in [1.82, 2.24) is 25.0 Å². The summed E-state index contributed by atoms with van der Waals surface area (Å²) in [5.41, 5.74) is 0.740. The highest BCUT2D eigenvalue weighted by Crippen LogP contribution is 2.29. The molecular weight excluding hydrogens is 539 g/mol. The molecule has 1 aliphatic rings. The van der Waals surface area contributed by atoms with Gasteiger partial charge in [0.15, 0.2) is 6.10 Å². The Kier molecular flexibility index (Phi) is 9.02. The van der Waals surface area contributed by atoms with Gasteiger partial charge in [-0.2, -0.15) is 9.65 Å². The second-order valence-electron chi connectivity index (χ2n) is 10.6. The molecule has 214 valence electrons. The summed E-state index contributed by atoms with van der Waals surface area (Å²) in [6, 6.07) is 6.52. The SMILES string of the molecule is CO[C@@H]1CCN(C(=O)OC(C)(C)C)C[C@@H](C(=O)NC(C#N)Cc2cnc(-c3ccc4c(F)nn(C)c4c3)s2)OC1. The minimum Gasteiger partial charge on any atom is -0.444 e. The van der Waals surface area contributed by atoms with Gasteiger partial charge in [-0.1, -0.05) is 6.07 Å². The first kappa shape index (κ1) is 29.4. The smallest absolute Gasteiger partial charge is 0.410 e. The number of aromatic nitrogens is 3. The van der Waals surface area contributed by atoms with E-state index < -0.39 is 35.7 Å². The molecule has 40 heavy (non-hydrogen) atoms. The van der Waals surface area contributed by atoms with Crippen LogP contribution in [0.25, 0.3) is 21.5 Å². The van der Waals surface area contributed by atoms with E-state index in [0.717, 1.165) is 10.4 Å². The molecule has 3 atom stereocenters. The Balaban J connectivity index is 1.43. The van der Waals surface area contributed by atoms with Crippen molar-refractivity contribution in [3.05, 3.63) is 35.2 Å². The molecule has 3 heterocycles. The highest BCUT2D eigenvalue weighted by Gasteiger charge is 2.32. The number of nitriles is 1. The average molecular weight is 573 g/mol. The van der Waals surface area contributed by atoms with Crippen molar-refractivity contribution in [1.29, 1.82) is 5.26 Å². The van der Waals surface area contributed by atoms with Crippen LogP contribution in [0, 0.1) is 17.3 Å². The van der Waals surface area contributed by atoms with Gasteiger partial charge in [0.05, 0.1) is 36.2 Å². The molecule has 1 fully saturated rings. The van der Waals surface area contributed by atoms with Crippen molar-refractivity contribution in [2.24, 2.45) is 7.05 Å². The van der Waals surface area contributed by atoms with Crippen molar-refractivity contribution in [2.45, 2.75) is 57.5 Å². The molecule has 0 saturated carbocycles. The lowest BCUT2D eigenvalue weighted by Crippen LogP contribution is -2.52. The molecule has 0 radical (unpaired) electrons. The largest absolute Gasteiger partial charge is 0.444 e. The highest BCUT2D eigenvalue weighted by molar-refractivity contribution is 7.15. The second kappa shape index (κ2) is 12.3. The number of ether oxygens (including phenoxy) is 3. The van der Waals surface area contributed by atoms with E-state index in [9.17, 15) is 19.2 Å². The van der Waals surface area contributed by atoms with Gasteiger partial charge in [0.25, 0.3) is 5.91 Å². The van der Waals surface area contributed by atoms with Gasteiger partial charge in [-0.3, -0.25) is 9.48 Å².